The zero-order chi connectivity index (χ0) is 21.6. The number of carbonyl (C=O) groups is 1. The number of pyridine rings is 1. The Morgan fingerprint density at radius 2 is 1.77 bits per heavy atom. The van der Waals surface area contributed by atoms with Gasteiger partial charge in [0.25, 0.3) is 0 Å². The molecular formula is C26H28N2O3. The lowest BCUT2D eigenvalue weighted by atomic mass is 10.0. The monoisotopic (exact) mass is 416 g/mol. The van der Waals surface area contributed by atoms with Gasteiger partial charge in [-0.05, 0) is 42.5 Å². The molecule has 2 heterocycles. The third-order valence-corrected chi connectivity index (χ3v) is 5.67. The minimum atomic E-state index is -0.904. The molecule has 0 saturated heterocycles. The maximum Gasteiger partial charge on any atom is 0.333 e. The molecule has 0 radical (unpaired) electrons. The van der Waals surface area contributed by atoms with Crippen molar-refractivity contribution in [3.63, 3.8) is 0 Å². The van der Waals surface area contributed by atoms with E-state index in [2.05, 4.69) is 52.0 Å². The molecule has 1 atom stereocenters. The Bertz CT molecular complexity index is 1110. The van der Waals surface area contributed by atoms with E-state index >= 15 is 0 Å². The summed E-state index contributed by atoms with van der Waals surface area (Å²) >= 11 is 0. The van der Waals surface area contributed by atoms with Crippen LogP contribution in [0.3, 0.4) is 0 Å². The smallest absolute Gasteiger partial charge is 0.333 e. The zero-order valence-corrected chi connectivity index (χ0v) is 17.8. The first-order valence-electron chi connectivity index (χ1n) is 10.9. The summed E-state index contributed by atoms with van der Waals surface area (Å²) in [7, 11) is 0. The van der Waals surface area contributed by atoms with Gasteiger partial charge in [-0.3, -0.25) is 4.98 Å². The van der Waals surface area contributed by atoms with Gasteiger partial charge in [0, 0.05) is 42.1 Å². The average Bonchev–Trinajstić information content (AvgIpc) is 3.11. The van der Waals surface area contributed by atoms with Crippen LogP contribution in [0.4, 0.5) is 0 Å². The fourth-order valence-electron chi connectivity index (χ4n) is 4.11. The number of carboxylic acid groups (broad SMARTS) is 1. The third-order valence-electron chi connectivity index (χ3n) is 5.67. The molecule has 31 heavy (non-hydrogen) atoms. The van der Waals surface area contributed by atoms with Crippen molar-refractivity contribution in [1.29, 1.82) is 0 Å². The second-order valence-corrected chi connectivity index (χ2v) is 7.88. The lowest BCUT2D eigenvalue weighted by Crippen LogP contribution is -2.26. The number of nitrogens with zero attached hydrogens (tertiary/aromatic N) is 2. The third kappa shape index (κ3) is 4.78. The second kappa shape index (κ2) is 9.75. The number of para-hydroxylation sites is 1. The molecular weight excluding hydrogens is 388 g/mol. The number of aliphatic carboxylic acids is 1. The Morgan fingerprint density at radius 1 is 1.03 bits per heavy atom. The van der Waals surface area contributed by atoms with Gasteiger partial charge in [-0.25, -0.2) is 4.79 Å². The van der Waals surface area contributed by atoms with Crippen LogP contribution in [0.15, 0.2) is 67.0 Å². The molecule has 0 bridgehead atoms. The van der Waals surface area contributed by atoms with Gasteiger partial charge in [0.2, 0.25) is 0 Å². The molecule has 0 saturated carbocycles. The van der Waals surface area contributed by atoms with Crippen molar-refractivity contribution in [1.82, 2.24) is 9.55 Å². The molecule has 160 valence electrons. The number of fused-ring (bicyclic) bond motifs is 3. The first-order valence-corrected chi connectivity index (χ1v) is 10.9. The predicted molar refractivity (Wildman–Crippen MR) is 123 cm³/mol. The Hall–Kier alpha value is -3.18. The van der Waals surface area contributed by atoms with Crippen molar-refractivity contribution in [2.75, 3.05) is 6.61 Å². The molecule has 0 aliphatic heterocycles. The van der Waals surface area contributed by atoms with Gasteiger partial charge >= 0.3 is 5.97 Å². The van der Waals surface area contributed by atoms with Gasteiger partial charge < -0.3 is 14.4 Å². The van der Waals surface area contributed by atoms with E-state index in [-0.39, 0.29) is 0 Å². The highest BCUT2D eigenvalue weighted by Crippen LogP contribution is 2.28. The lowest BCUT2D eigenvalue weighted by Gasteiger charge is -2.13. The minimum Gasteiger partial charge on any atom is -0.479 e. The molecule has 0 fully saturated rings. The van der Waals surface area contributed by atoms with Crippen LogP contribution in [0.25, 0.3) is 21.8 Å². The first kappa shape index (κ1) is 21.1. The van der Waals surface area contributed by atoms with E-state index in [1.165, 1.54) is 27.4 Å². The van der Waals surface area contributed by atoms with E-state index in [1.807, 2.05) is 31.5 Å². The molecule has 0 aliphatic carbocycles. The number of aromatic nitrogens is 2. The number of ether oxygens (including phenoxy) is 1. The van der Waals surface area contributed by atoms with Gasteiger partial charge in [0.1, 0.15) is 0 Å². The number of hydrogen-bond acceptors (Lipinski definition) is 3. The molecule has 4 rings (SSSR count). The standard InChI is InChI=1S/C26H28N2O3/c1-2-16-31-25(26(29)30)17-20-11-9-19(10-12-20)6-5-15-28-23-8-4-3-7-21(23)22-13-14-27-18-24(22)28/h3-4,7-14,18,25H,2,5-6,15-17H2,1H3,(H,29,30)/t25-/m0/s1. The van der Waals surface area contributed by atoms with Crippen LogP contribution in [0.5, 0.6) is 0 Å². The number of aryl methyl sites for hydroxylation is 2. The summed E-state index contributed by atoms with van der Waals surface area (Å²) in [4.78, 5) is 15.7. The summed E-state index contributed by atoms with van der Waals surface area (Å²) in [6, 6.07) is 18.8. The molecule has 1 N–H and O–H groups in total. The zero-order valence-electron chi connectivity index (χ0n) is 17.8. The number of benzene rings is 2. The molecule has 4 aromatic rings. The molecule has 2 aromatic heterocycles. The SMILES string of the molecule is CCCO[C@@H](Cc1ccc(CCCn2c3ccccc3c3ccncc32)cc1)C(=O)O. The van der Waals surface area contributed by atoms with Crippen molar-refractivity contribution >= 4 is 27.8 Å². The van der Waals surface area contributed by atoms with Gasteiger partial charge in [0.15, 0.2) is 6.10 Å². The molecule has 2 aromatic carbocycles. The lowest BCUT2D eigenvalue weighted by molar-refractivity contribution is -0.150. The molecule has 5 nitrogen and oxygen atoms in total. The van der Waals surface area contributed by atoms with Gasteiger partial charge in [-0.15, -0.1) is 0 Å². The van der Waals surface area contributed by atoms with Crippen LogP contribution < -0.4 is 0 Å². The van der Waals surface area contributed by atoms with E-state index in [9.17, 15) is 9.90 Å². The summed E-state index contributed by atoms with van der Waals surface area (Å²) in [5.41, 5.74) is 4.66. The summed E-state index contributed by atoms with van der Waals surface area (Å²) in [6.45, 7) is 3.36. The molecule has 0 spiro atoms. The van der Waals surface area contributed by atoms with Crippen LogP contribution in [0.1, 0.15) is 30.9 Å². The fraction of sp³-hybridized carbons (Fsp3) is 0.308. The normalized spacial score (nSPS) is 12.4. The van der Waals surface area contributed by atoms with E-state index in [0.717, 1.165) is 31.4 Å². The molecule has 5 heteroatoms. The average molecular weight is 417 g/mol. The van der Waals surface area contributed by atoms with Crippen molar-refractivity contribution in [2.45, 2.75) is 45.3 Å². The molecule has 0 aliphatic rings. The van der Waals surface area contributed by atoms with Crippen LogP contribution in [0, 0.1) is 0 Å². The fourth-order valence-corrected chi connectivity index (χ4v) is 4.11. The van der Waals surface area contributed by atoms with Crippen LogP contribution >= 0.6 is 0 Å². The van der Waals surface area contributed by atoms with Gasteiger partial charge in [-0.1, -0.05) is 49.4 Å². The summed E-state index contributed by atoms with van der Waals surface area (Å²) in [6.07, 6.45) is 6.19. The summed E-state index contributed by atoms with van der Waals surface area (Å²) in [5.74, 6) is -0.904. The quantitative estimate of drug-likeness (QED) is 0.384. The van der Waals surface area contributed by atoms with Crippen molar-refractivity contribution in [2.24, 2.45) is 0 Å². The summed E-state index contributed by atoms with van der Waals surface area (Å²) in [5, 5.41) is 11.9. The highest BCUT2D eigenvalue weighted by molar-refractivity contribution is 6.07. The van der Waals surface area contributed by atoms with Gasteiger partial charge in [-0.2, -0.15) is 0 Å². The van der Waals surface area contributed by atoms with Crippen molar-refractivity contribution in [3.05, 3.63) is 78.1 Å². The van der Waals surface area contributed by atoms with E-state index in [0.29, 0.717) is 13.0 Å². The van der Waals surface area contributed by atoms with E-state index < -0.39 is 12.1 Å². The van der Waals surface area contributed by atoms with E-state index in [4.69, 9.17) is 4.74 Å². The summed E-state index contributed by atoms with van der Waals surface area (Å²) < 4.78 is 7.81. The Balaban J connectivity index is 1.41. The number of carboxylic acids is 1. The maximum atomic E-state index is 11.4. The highest BCUT2D eigenvalue weighted by atomic mass is 16.5. The van der Waals surface area contributed by atoms with E-state index in [1.54, 1.807) is 0 Å². The van der Waals surface area contributed by atoms with Crippen molar-refractivity contribution < 1.29 is 14.6 Å². The van der Waals surface area contributed by atoms with Crippen LogP contribution in [0.2, 0.25) is 0 Å². The van der Waals surface area contributed by atoms with Crippen LogP contribution in [-0.4, -0.2) is 33.3 Å². The number of rotatable bonds is 10. The predicted octanol–water partition coefficient (Wildman–Crippen LogP) is 5.24. The largest absolute Gasteiger partial charge is 0.479 e. The minimum absolute atomic E-state index is 0.393. The van der Waals surface area contributed by atoms with Crippen molar-refractivity contribution in [3.8, 4) is 0 Å². The first-order chi connectivity index (χ1) is 15.2. The Morgan fingerprint density at radius 3 is 2.55 bits per heavy atom. The van der Waals surface area contributed by atoms with Crippen LogP contribution in [-0.2, 0) is 28.9 Å². The Kier molecular flexibility index (Phi) is 6.63. The maximum absolute atomic E-state index is 11.4. The molecule has 0 amide bonds. The Labute approximate surface area is 182 Å². The number of hydrogen-bond donors (Lipinski definition) is 1. The highest BCUT2D eigenvalue weighted by Gasteiger charge is 2.18. The topological polar surface area (TPSA) is 64.4 Å². The second-order valence-electron chi connectivity index (χ2n) is 7.88. The molecule has 0 unspecified atom stereocenters. The van der Waals surface area contributed by atoms with Gasteiger partial charge in [0.05, 0.1) is 11.7 Å².